The summed E-state index contributed by atoms with van der Waals surface area (Å²) in [5, 5.41) is 11.5. The molecule has 0 saturated carbocycles. The predicted octanol–water partition coefficient (Wildman–Crippen LogP) is 1.94. The SMILES string of the molecule is Cc1cc(S(=O)(=O)N2CCCC(CNCC(=O)O)C2)cc(C)c1F.Cl. The molecule has 1 aliphatic heterocycles. The molecule has 0 aromatic heterocycles. The number of benzene rings is 1. The molecule has 0 spiro atoms. The first kappa shape index (κ1) is 21.8. The second kappa shape index (κ2) is 8.93. The molecule has 142 valence electrons. The lowest BCUT2D eigenvalue weighted by Crippen LogP contribution is -2.43. The van der Waals surface area contributed by atoms with E-state index in [1.165, 1.54) is 16.4 Å². The van der Waals surface area contributed by atoms with E-state index < -0.39 is 16.0 Å². The molecule has 1 saturated heterocycles. The van der Waals surface area contributed by atoms with E-state index in [0.717, 1.165) is 12.8 Å². The summed E-state index contributed by atoms with van der Waals surface area (Å²) < 4.78 is 40.8. The number of carboxylic acid groups (broad SMARTS) is 1. The van der Waals surface area contributed by atoms with Crippen molar-refractivity contribution < 1.29 is 22.7 Å². The number of halogens is 2. The van der Waals surface area contributed by atoms with Crippen molar-refractivity contribution in [3.63, 3.8) is 0 Å². The third kappa shape index (κ3) is 5.37. The Morgan fingerprint density at radius 1 is 1.36 bits per heavy atom. The lowest BCUT2D eigenvalue weighted by atomic mass is 10.00. The molecular weight excluding hydrogens is 371 g/mol. The monoisotopic (exact) mass is 394 g/mol. The van der Waals surface area contributed by atoms with Crippen LogP contribution in [0, 0.1) is 25.6 Å². The van der Waals surface area contributed by atoms with Crippen LogP contribution < -0.4 is 5.32 Å². The van der Waals surface area contributed by atoms with E-state index in [4.69, 9.17) is 5.11 Å². The molecule has 0 bridgehead atoms. The van der Waals surface area contributed by atoms with Gasteiger partial charge >= 0.3 is 5.97 Å². The number of hydrogen-bond donors (Lipinski definition) is 2. The molecular formula is C16H24ClFN2O4S. The molecule has 2 rings (SSSR count). The molecule has 0 aliphatic carbocycles. The number of nitrogens with zero attached hydrogens (tertiary/aromatic N) is 1. The third-order valence-corrected chi connectivity index (χ3v) is 6.08. The molecule has 9 heteroatoms. The average Bonchev–Trinajstić information content (AvgIpc) is 2.52. The number of piperidine rings is 1. The summed E-state index contributed by atoms with van der Waals surface area (Å²) in [5.41, 5.74) is 0.621. The second-order valence-electron chi connectivity index (χ2n) is 6.27. The zero-order valence-electron chi connectivity index (χ0n) is 14.3. The molecule has 1 unspecified atom stereocenters. The third-order valence-electron chi connectivity index (χ3n) is 4.24. The quantitative estimate of drug-likeness (QED) is 0.770. The Labute approximate surface area is 153 Å². The molecule has 6 nitrogen and oxygen atoms in total. The zero-order valence-corrected chi connectivity index (χ0v) is 15.9. The van der Waals surface area contributed by atoms with Gasteiger partial charge in [-0.1, -0.05) is 0 Å². The number of aryl methyl sites for hydroxylation is 2. The highest BCUT2D eigenvalue weighted by atomic mass is 35.5. The van der Waals surface area contributed by atoms with Gasteiger partial charge in [0.25, 0.3) is 0 Å². The first-order valence-electron chi connectivity index (χ1n) is 7.91. The Bertz CT molecular complexity index is 704. The molecule has 1 atom stereocenters. The fraction of sp³-hybridized carbons (Fsp3) is 0.562. The molecule has 25 heavy (non-hydrogen) atoms. The van der Waals surface area contributed by atoms with Crippen LogP contribution in [0.25, 0.3) is 0 Å². The summed E-state index contributed by atoms with van der Waals surface area (Å²) >= 11 is 0. The van der Waals surface area contributed by atoms with Crippen LogP contribution in [0.4, 0.5) is 4.39 Å². The van der Waals surface area contributed by atoms with E-state index in [-0.39, 0.29) is 35.6 Å². The van der Waals surface area contributed by atoms with Crippen molar-refractivity contribution in [2.75, 3.05) is 26.2 Å². The van der Waals surface area contributed by atoms with Crippen LogP contribution in [0.5, 0.6) is 0 Å². The number of hydrogen-bond acceptors (Lipinski definition) is 4. The highest BCUT2D eigenvalue weighted by molar-refractivity contribution is 7.89. The normalized spacial score (nSPS) is 18.6. The van der Waals surface area contributed by atoms with Crippen molar-refractivity contribution in [1.82, 2.24) is 9.62 Å². The minimum Gasteiger partial charge on any atom is -0.480 e. The standard InChI is InChI=1S/C16H23FN2O4S.ClH/c1-11-6-14(7-12(2)16(11)17)24(22,23)19-5-3-4-13(10-19)8-18-9-15(20)21;/h6-7,13,18H,3-5,8-10H2,1-2H3,(H,20,21);1H. The van der Waals surface area contributed by atoms with Crippen LogP contribution in [-0.2, 0) is 14.8 Å². The highest BCUT2D eigenvalue weighted by Crippen LogP contribution is 2.26. The molecule has 1 aromatic carbocycles. The number of carboxylic acids is 1. The van der Waals surface area contributed by atoms with Gasteiger partial charge in [-0.05, 0) is 62.4 Å². The lowest BCUT2D eigenvalue weighted by molar-refractivity contribution is -0.136. The smallest absolute Gasteiger partial charge is 0.317 e. The van der Waals surface area contributed by atoms with Crippen molar-refractivity contribution in [3.05, 3.63) is 29.1 Å². The highest BCUT2D eigenvalue weighted by Gasteiger charge is 2.30. The molecule has 1 heterocycles. The Hall–Kier alpha value is -1.22. The Morgan fingerprint density at radius 2 is 1.96 bits per heavy atom. The van der Waals surface area contributed by atoms with Gasteiger partial charge in [-0.3, -0.25) is 4.79 Å². The van der Waals surface area contributed by atoms with E-state index in [1.807, 2.05) is 0 Å². The van der Waals surface area contributed by atoms with Gasteiger partial charge in [0.1, 0.15) is 5.82 Å². The second-order valence-corrected chi connectivity index (χ2v) is 8.20. The van der Waals surface area contributed by atoms with Gasteiger partial charge in [-0.2, -0.15) is 4.31 Å². The molecule has 1 aliphatic rings. The minimum atomic E-state index is -3.68. The van der Waals surface area contributed by atoms with Crippen LogP contribution in [0.3, 0.4) is 0 Å². The topological polar surface area (TPSA) is 86.7 Å². The number of carbonyl (C=O) groups is 1. The lowest BCUT2D eigenvalue weighted by Gasteiger charge is -2.32. The van der Waals surface area contributed by atoms with Gasteiger partial charge in [0.15, 0.2) is 0 Å². The predicted molar refractivity (Wildman–Crippen MR) is 95.1 cm³/mol. The Kier molecular flexibility index (Phi) is 7.80. The van der Waals surface area contributed by atoms with Gasteiger partial charge < -0.3 is 10.4 Å². The Morgan fingerprint density at radius 3 is 2.52 bits per heavy atom. The fourth-order valence-corrected chi connectivity index (χ4v) is 4.73. The average molecular weight is 395 g/mol. The van der Waals surface area contributed by atoms with Gasteiger partial charge in [0.2, 0.25) is 10.0 Å². The van der Waals surface area contributed by atoms with E-state index in [0.29, 0.717) is 30.8 Å². The van der Waals surface area contributed by atoms with Crippen LogP contribution in [-0.4, -0.2) is 50.0 Å². The summed E-state index contributed by atoms with van der Waals surface area (Å²) in [6.07, 6.45) is 1.57. The first-order valence-corrected chi connectivity index (χ1v) is 9.35. The van der Waals surface area contributed by atoms with Gasteiger partial charge in [0, 0.05) is 13.1 Å². The van der Waals surface area contributed by atoms with Crippen LogP contribution in [0.1, 0.15) is 24.0 Å². The van der Waals surface area contributed by atoms with Crippen molar-refractivity contribution >= 4 is 28.4 Å². The fourth-order valence-electron chi connectivity index (χ4n) is 3.00. The summed E-state index contributed by atoms with van der Waals surface area (Å²) in [5.74, 6) is -1.26. The van der Waals surface area contributed by atoms with Gasteiger partial charge in [-0.25, -0.2) is 12.8 Å². The van der Waals surface area contributed by atoms with Crippen LogP contribution >= 0.6 is 12.4 Å². The van der Waals surface area contributed by atoms with Crippen LogP contribution in [0.15, 0.2) is 17.0 Å². The first-order chi connectivity index (χ1) is 11.2. The summed E-state index contributed by atoms with van der Waals surface area (Å²) in [4.78, 5) is 10.7. The summed E-state index contributed by atoms with van der Waals surface area (Å²) in [6, 6.07) is 2.73. The number of sulfonamides is 1. The van der Waals surface area contributed by atoms with E-state index in [1.54, 1.807) is 13.8 Å². The molecule has 1 fully saturated rings. The number of rotatable bonds is 6. The Balaban J connectivity index is 0.00000312. The van der Waals surface area contributed by atoms with Crippen molar-refractivity contribution in [3.8, 4) is 0 Å². The maximum absolute atomic E-state index is 13.7. The van der Waals surface area contributed by atoms with Gasteiger partial charge in [0.05, 0.1) is 11.4 Å². The maximum Gasteiger partial charge on any atom is 0.317 e. The number of nitrogens with one attached hydrogen (secondary N) is 1. The van der Waals surface area contributed by atoms with Gasteiger partial charge in [-0.15, -0.1) is 12.4 Å². The summed E-state index contributed by atoms with van der Waals surface area (Å²) in [7, 11) is -3.68. The number of aliphatic carboxylic acids is 1. The molecule has 0 radical (unpaired) electrons. The largest absolute Gasteiger partial charge is 0.480 e. The van der Waals surface area contributed by atoms with Crippen molar-refractivity contribution in [2.24, 2.45) is 5.92 Å². The molecule has 0 amide bonds. The van der Waals surface area contributed by atoms with E-state index >= 15 is 0 Å². The van der Waals surface area contributed by atoms with Crippen molar-refractivity contribution in [1.29, 1.82) is 0 Å². The van der Waals surface area contributed by atoms with Crippen LogP contribution in [0.2, 0.25) is 0 Å². The van der Waals surface area contributed by atoms with E-state index in [9.17, 15) is 17.6 Å². The minimum absolute atomic E-state index is 0. The summed E-state index contributed by atoms with van der Waals surface area (Å²) in [6.45, 7) is 4.18. The zero-order chi connectivity index (χ0) is 17.9. The molecule has 2 N–H and O–H groups in total. The molecule has 1 aromatic rings. The maximum atomic E-state index is 13.7. The van der Waals surface area contributed by atoms with Crippen molar-refractivity contribution in [2.45, 2.75) is 31.6 Å². The van der Waals surface area contributed by atoms with E-state index in [2.05, 4.69) is 5.32 Å².